The van der Waals surface area contributed by atoms with Crippen LogP contribution in [0.2, 0.25) is 0 Å². The number of anilines is 2. The zero-order valence-electron chi connectivity index (χ0n) is 12.3. The van der Waals surface area contributed by atoms with Crippen molar-refractivity contribution in [3.8, 4) is 0 Å². The van der Waals surface area contributed by atoms with E-state index in [1.807, 2.05) is 0 Å². The summed E-state index contributed by atoms with van der Waals surface area (Å²) in [7, 11) is 0. The minimum absolute atomic E-state index is 0.739. The van der Waals surface area contributed by atoms with Gasteiger partial charge in [0.25, 0.3) is 0 Å². The van der Waals surface area contributed by atoms with Crippen molar-refractivity contribution in [2.45, 2.75) is 40.0 Å². The summed E-state index contributed by atoms with van der Waals surface area (Å²) in [5.41, 5.74) is 6.07. The number of aryl methyl sites for hydroxylation is 3. The molecule has 2 heterocycles. The lowest BCUT2D eigenvalue weighted by Crippen LogP contribution is -2.18. The quantitative estimate of drug-likeness (QED) is 0.858. The molecule has 0 fully saturated rings. The highest BCUT2D eigenvalue weighted by Gasteiger charge is 2.24. The van der Waals surface area contributed by atoms with Crippen LogP contribution in [0, 0.1) is 6.92 Å². The van der Waals surface area contributed by atoms with Crippen molar-refractivity contribution in [1.82, 2.24) is 15.2 Å². The van der Waals surface area contributed by atoms with Gasteiger partial charge in [0.1, 0.15) is 0 Å². The Bertz CT molecular complexity index is 636. The molecule has 4 nitrogen and oxygen atoms in total. The second kappa shape index (κ2) is 5.19. The monoisotopic (exact) mass is 268 g/mol. The summed E-state index contributed by atoms with van der Waals surface area (Å²) in [6.45, 7) is 7.32. The van der Waals surface area contributed by atoms with E-state index < -0.39 is 0 Å². The molecule has 1 aromatic carbocycles. The molecule has 0 radical (unpaired) electrons. The van der Waals surface area contributed by atoms with Gasteiger partial charge in [-0.3, -0.25) is 0 Å². The van der Waals surface area contributed by atoms with Crippen molar-refractivity contribution < 1.29 is 0 Å². The first-order chi connectivity index (χ1) is 9.74. The first-order valence-electron chi connectivity index (χ1n) is 7.33. The van der Waals surface area contributed by atoms with E-state index in [1.54, 1.807) is 0 Å². The summed E-state index contributed by atoms with van der Waals surface area (Å²) in [5.74, 6) is 0.739. The number of hydrogen-bond acceptors (Lipinski definition) is 4. The van der Waals surface area contributed by atoms with E-state index in [9.17, 15) is 0 Å². The SMILES string of the molecule is CCc1nnc(N2CCc3c(C)cccc32)nc1CC. The van der Waals surface area contributed by atoms with Crippen LogP contribution in [-0.2, 0) is 19.3 Å². The normalized spacial score (nSPS) is 13.7. The van der Waals surface area contributed by atoms with Gasteiger partial charge in [-0.05, 0) is 43.4 Å². The van der Waals surface area contributed by atoms with Gasteiger partial charge >= 0.3 is 0 Å². The van der Waals surface area contributed by atoms with Crippen molar-refractivity contribution in [1.29, 1.82) is 0 Å². The van der Waals surface area contributed by atoms with Crippen LogP contribution >= 0.6 is 0 Å². The van der Waals surface area contributed by atoms with Crippen molar-refractivity contribution >= 4 is 11.6 Å². The van der Waals surface area contributed by atoms with E-state index in [2.05, 4.69) is 54.1 Å². The van der Waals surface area contributed by atoms with Crippen LogP contribution in [0.1, 0.15) is 36.4 Å². The first-order valence-corrected chi connectivity index (χ1v) is 7.33. The Morgan fingerprint density at radius 1 is 1.10 bits per heavy atom. The second-order valence-electron chi connectivity index (χ2n) is 5.19. The van der Waals surface area contributed by atoms with Crippen LogP contribution < -0.4 is 4.90 Å². The lowest BCUT2D eigenvalue weighted by atomic mass is 10.1. The van der Waals surface area contributed by atoms with E-state index in [0.29, 0.717) is 0 Å². The minimum atomic E-state index is 0.739. The van der Waals surface area contributed by atoms with Gasteiger partial charge in [-0.25, -0.2) is 4.98 Å². The van der Waals surface area contributed by atoms with E-state index in [0.717, 1.165) is 43.1 Å². The Balaban J connectivity index is 2.02. The maximum Gasteiger partial charge on any atom is 0.250 e. The number of nitrogens with zero attached hydrogens (tertiary/aromatic N) is 4. The maximum absolute atomic E-state index is 4.72. The molecule has 0 bridgehead atoms. The largest absolute Gasteiger partial charge is 0.309 e. The first kappa shape index (κ1) is 13.0. The topological polar surface area (TPSA) is 41.9 Å². The molecule has 4 heteroatoms. The summed E-state index contributed by atoms with van der Waals surface area (Å²) in [4.78, 5) is 6.91. The highest BCUT2D eigenvalue weighted by atomic mass is 15.3. The molecular weight excluding hydrogens is 248 g/mol. The Hall–Kier alpha value is -1.97. The lowest BCUT2D eigenvalue weighted by molar-refractivity contribution is 0.798. The van der Waals surface area contributed by atoms with Crippen LogP contribution in [-0.4, -0.2) is 21.7 Å². The van der Waals surface area contributed by atoms with Gasteiger partial charge in [-0.1, -0.05) is 26.0 Å². The van der Waals surface area contributed by atoms with Gasteiger partial charge in [-0.15, -0.1) is 10.2 Å². The summed E-state index contributed by atoms with van der Waals surface area (Å²) in [6.07, 6.45) is 2.85. The third-order valence-electron chi connectivity index (χ3n) is 4.00. The second-order valence-corrected chi connectivity index (χ2v) is 5.19. The smallest absolute Gasteiger partial charge is 0.250 e. The molecule has 2 aromatic rings. The van der Waals surface area contributed by atoms with E-state index in [4.69, 9.17) is 4.98 Å². The number of fused-ring (bicyclic) bond motifs is 1. The van der Waals surface area contributed by atoms with Gasteiger partial charge in [0, 0.05) is 12.2 Å². The molecule has 104 valence electrons. The molecule has 0 unspecified atom stereocenters. The molecule has 20 heavy (non-hydrogen) atoms. The molecule has 0 saturated heterocycles. The third kappa shape index (κ3) is 2.05. The molecule has 3 rings (SSSR count). The number of hydrogen-bond donors (Lipinski definition) is 0. The third-order valence-corrected chi connectivity index (χ3v) is 4.00. The average Bonchev–Trinajstić information content (AvgIpc) is 2.92. The molecule has 0 saturated carbocycles. The molecule has 1 aliphatic heterocycles. The molecule has 0 N–H and O–H groups in total. The fourth-order valence-electron chi connectivity index (χ4n) is 2.86. The average molecular weight is 268 g/mol. The summed E-state index contributed by atoms with van der Waals surface area (Å²) in [6, 6.07) is 6.41. The zero-order valence-corrected chi connectivity index (χ0v) is 12.3. The maximum atomic E-state index is 4.72. The van der Waals surface area contributed by atoms with Crippen LogP contribution in [0.15, 0.2) is 18.2 Å². The number of aromatic nitrogens is 3. The van der Waals surface area contributed by atoms with Crippen LogP contribution in [0.5, 0.6) is 0 Å². The van der Waals surface area contributed by atoms with Crippen molar-refractivity contribution in [2.75, 3.05) is 11.4 Å². The van der Waals surface area contributed by atoms with Gasteiger partial charge < -0.3 is 4.90 Å². The predicted molar refractivity (Wildman–Crippen MR) is 80.5 cm³/mol. The van der Waals surface area contributed by atoms with E-state index >= 15 is 0 Å². The number of benzene rings is 1. The van der Waals surface area contributed by atoms with Crippen LogP contribution in [0.25, 0.3) is 0 Å². The number of rotatable bonds is 3. The molecule has 0 spiro atoms. The van der Waals surface area contributed by atoms with Crippen molar-refractivity contribution in [3.05, 3.63) is 40.7 Å². The highest BCUT2D eigenvalue weighted by Crippen LogP contribution is 2.34. The molecule has 0 atom stereocenters. The van der Waals surface area contributed by atoms with Gasteiger partial charge in [-0.2, -0.15) is 0 Å². The van der Waals surface area contributed by atoms with Crippen molar-refractivity contribution in [2.24, 2.45) is 0 Å². The predicted octanol–water partition coefficient (Wildman–Crippen LogP) is 3.00. The van der Waals surface area contributed by atoms with Gasteiger partial charge in [0.2, 0.25) is 5.95 Å². The van der Waals surface area contributed by atoms with Gasteiger partial charge in [0.05, 0.1) is 11.4 Å². The molecule has 1 aromatic heterocycles. The Kier molecular flexibility index (Phi) is 3.38. The molecule has 0 amide bonds. The Morgan fingerprint density at radius 3 is 2.65 bits per heavy atom. The summed E-state index contributed by atoms with van der Waals surface area (Å²) >= 11 is 0. The highest BCUT2D eigenvalue weighted by molar-refractivity contribution is 5.67. The Morgan fingerprint density at radius 2 is 1.90 bits per heavy atom. The van der Waals surface area contributed by atoms with Crippen molar-refractivity contribution in [3.63, 3.8) is 0 Å². The molecular formula is C16H20N4. The standard InChI is InChI=1S/C16H20N4/c1-4-13-14(5-2)18-19-16(17-13)20-10-9-12-11(3)7-6-8-15(12)20/h6-8H,4-5,9-10H2,1-3H3. The fourth-order valence-corrected chi connectivity index (χ4v) is 2.86. The summed E-state index contributed by atoms with van der Waals surface area (Å²) < 4.78 is 0. The minimum Gasteiger partial charge on any atom is -0.309 e. The van der Waals surface area contributed by atoms with Crippen LogP contribution in [0.3, 0.4) is 0 Å². The summed E-state index contributed by atoms with van der Waals surface area (Å²) in [5, 5.41) is 8.69. The molecule has 1 aliphatic rings. The zero-order chi connectivity index (χ0) is 14.1. The van der Waals surface area contributed by atoms with E-state index in [1.165, 1.54) is 16.8 Å². The molecule has 0 aliphatic carbocycles. The van der Waals surface area contributed by atoms with Crippen LogP contribution in [0.4, 0.5) is 11.6 Å². The van der Waals surface area contributed by atoms with Gasteiger partial charge in [0.15, 0.2) is 0 Å². The Labute approximate surface area is 119 Å². The fraction of sp³-hybridized carbons (Fsp3) is 0.438. The van der Waals surface area contributed by atoms with E-state index in [-0.39, 0.29) is 0 Å². The lowest BCUT2D eigenvalue weighted by Gasteiger charge is -2.18.